The van der Waals surface area contributed by atoms with E-state index in [2.05, 4.69) is 6.07 Å². The third-order valence-electron chi connectivity index (χ3n) is 3.48. The summed E-state index contributed by atoms with van der Waals surface area (Å²) in [5.41, 5.74) is 2.16. The zero-order valence-electron chi connectivity index (χ0n) is 10.7. The SMILES string of the molecule is Cc1cc(Cl)c(OCC2CCC2)c(CCC=O)c1. The highest BCUT2D eigenvalue weighted by atomic mass is 35.5. The van der Waals surface area contributed by atoms with Crippen LogP contribution in [0, 0.1) is 12.8 Å². The largest absolute Gasteiger partial charge is 0.491 e. The molecule has 1 aromatic rings. The molecule has 98 valence electrons. The van der Waals surface area contributed by atoms with Gasteiger partial charge >= 0.3 is 0 Å². The highest BCUT2D eigenvalue weighted by Crippen LogP contribution is 2.33. The van der Waals surface area contributed by atoms with Gasteiger partial charge in [-0.2, -0.15) is 0 Å². The van der Waals surface area contributed by atoms with E-state index in [9.17, 15) is 4.79 Å². The number of aryl methyl sites for hydroxylation is 2. The average molecular weight is 267 g/mol. The highest BCUT2D eigenvalue weighted by molar-refractivity contribution is 6.32. The third-order valence-corrected chi connectivity index (χ3v) is 3.77. The molecule has 1 aliphatic carbocycles. The van der Waals surface area contributed by atoms with Gasteiger partial charge in [-0.25, -0.2) is 0 Å². The molecule has 1 aromatic carbocycles. The summed E-state index contributed by atoms with van der Waals surface area (Å²) in [5.74, 6) is 1.46. The quantitative estimate of drug-likeness (QED) is 0.729. The minimum Gasteiger partial charge on any atom is -0.491 e. The van der Waals surface area contributed by atoms with Crippen LogP contribution in [0.1, 0.15) is 36.8 Å². The molecule has 0 aromatic heterocycles. The Morgan fingerprint density at radius 3 is 2.83 bits per heavy atom. The fraction of sp³-hybridized carbons (Fsp3) is 0.533. The number of aldehydes is 1. The standard InChI is InChI=1S/C15H19ClO2/c1-11-8-13(6-3-7-17)15(14(16)9-11)18-10-12-4-2-5-12/h7-9,12H,2-6,10H2,1H3. The van der Waals surface area contributed by atoms with Crippen molar-refractivity contribution < 1.29 is 9.53 Å². The molecule has 2 nitrogen and oxygen atoms in total. The van der Waals surface area contributed by atoms with Crippen LogP contribution in [0.15, 0.2) is 12.1 Å². The van der Waals surface area contributed by atoms with E-state index in [4.69, 9.17) is 16.3 Å². The molecule has 0 aliphatic heterocycles. The van der Waals surface area contributed by atoms with Gasteiger partial charge in [-0.05, 0) is 49.3 Å². The molecule has 0 bridgehead atoms. The van der Waals surface area contributed by atoms with E-state index >= 15 is 0 Å². The van der Waals surface area contributed by atoms with Gasteiger partial charge in [0.15, 0.2) is 0 Å². The fourth-order valence-electron chi connectivity index (χ4n) is 2.22. The Kier molecular flexibility index (Phi) is 4.65. The maximum Gasteiger partial charge on any atom is 0.141 e. The predicted octanol–water partition coefficient (Wildman–Crippen LogP) is 3.96. The number of hydrogen-bond acceptors (Lipinski definition) is 2. The number of halogens is 1. The molecule has 1 aliphatic rings. The Morgan fingerprint density at radius 1 is 1.44 bits per heavy atom. The minimum atomic E-state index is 0.513. The average Bonchev–Trinajstić information content (AvgIpc) is 2.26. The minimum absolute atomic E-state index is 0.513. The molecule has 0 heterocycles. The van der Waals surface area contributed by atoms with E-state index in [1.165, 1.54) is 19.3 Å². The summed E-state index contributed by atoms with van der Waals surface area (Å²) in [7, 11) is 0. The second kappa shape index (κ2) is 6.24. The van der Waals surface area contributed by atoms with Crippen molar-refractivity contribution in [3.63, 3.8) is 0 Å². The maximum absolute atomic E-state index is 10.5. The fourth-order valence-corrected chi connectivity index (χ4v) is 2.57. The van der Waals surface area contributed by atoms with Crippen molar-refractivity contribution >= 4 is 17.9 Å². The zero-order chi connectivity index (χ0) is 13.0. The topological polar surface area (TPSA) is 26.3 Å². The summed E-state index contributed by atoms with van der Waals surface area (Å²) in [5, 5.41) is 0.662. The van der Waals surface area contributed by atoms with Crippen LogP contribution in [0.25, 0.3) is 0 Å². The molecular formula is C15H19ClO2. The van der Waals surface area contributed by atoms with E-state index in [0.717, 1.165) is 29.8 Å². The van der Waals surface area contributed by atoms with Crippen LogP contribution in [0.2, 0.25) is 5.02 Å². The monoisotopic (exact) mass is 266 g/mol. The maximum atomic E-state index is 10.5. The van der Waals surface area contributed by atoms with Gasteiger partial charge in [0, 0.05) is 6.42 Å². The van der Waals surface area contributed by atoms with Crippen LogP contribution < -0.4 is 4.74 Å². The molecule has 0 saturated heterocycles. The lowest BCUT2D eigenvalue weighted by molar-refractivity contribution is -0.107. The van der Waals surface area contributed by atoms with Gasteiger partial charge in [0.25, 0.3) is 0 Å². The number of benzene rings is 1. The Morgan fingerprint density at radius 2 is 2.22 bits per heavy atom. The summed E-state index contributed by atoms with van der Waals surface area (Å²) >= 11 is 6.24. The molecule has 0 spiro atoms. The van der Waals surface area contributed by atoms with Crippen molar-refractivity contribution in [1.82, 2.24) is 0 Å². The van der Waals surface area contributed by atoms with Gasteiger partial charge in [0.1, 0.15) is 12.0 Å². The number of carbonyl (C=O) groups excluding carboxylic acids is 1. The van der Waals surface area contributed by atoms with Gasteiger partial charge in [0.2, 0.25) is 0 Å². The van der Waals surface area contributed by atoms with Gasteiger partial charge in [-0.15, -0.1) is 0 Å². The first kappa shape index (κ1) is 13.4. The number of ether oxygens (including phenoxy) is 1. The van der Waals surface area contributed by atoms with Crippen molar-refractivity contribution in [2.45, 2.75) is 39.0 Å². The summed E-state index contributed by atoms with van der Waals surface area (Å²) in [6.45, 7) is 2.75. The molecule has 1 fully saturated rings. The van der Waals surface area contributed by atoms with Crippen molar-refractivity contribution in [2.24, 2.45) is 5.92 Å². The van der Waals surface area contributed by atoms with E-state index in [-0.39, 0.29) is 0 Å². The summed E-state index contributed by atoms with van der Waals surface area (Å²) in [6.07, 6.45) is 5.98. The van der Waals surface area contributed by atoms with Gasteiger partial charge in [0.05, 0.1) is 11.6 Å². The molecule has 0 amide bonds. The first-order valence-electron chi connectivity index (χ1n) is 6.56. The Hall–Kier alpha value is -1.02. The predicted molar refractivity (Wildman–Crippen MR) is 73.4 cm³/mol. The molecule has 3 heteroatoms. The van der Waals surface area contributed by atoms with E-state index in [1.807, 2.05) is 13.0 Å². The molecule has 0 radical (unpaired) electrons. The van der Waals surface area contributed by atoms with Crippen LogP contribution in [-0.4, -0.2) is 12.9 Å². The molecule has 0 atom stereocenters. The number of carbonyl (C=O) groups is 1. The highest BCUT2D eigenvalue weighted by Gasteiger charge is 2.19. The Balaban J connectivity index is 2.10. The molecule has 2 rings (SSSR count). The van der Waals surface area contributed by atoms with Crippen LogP contribution >= 0.6 is 11.6 Å². The van der Waals surface area contributed by atoms with Crippen LogP contribution in [-0.2, 0) is 11.2 Å². The van der Waals surface area contributed by atoms with Gasteiger partial charge in [-0.1, -0.05) is 24.1 Å². The van der Waals surface area contributed by atoms with E-state index in [0.29, 0.717) is 23.8 Å². The van der Waals surface area contributed by atoms with Crippen molar-refractivity contribution in [2.75, 3.05) is 6.61 Å². The zero-order valence-corrected chi connectivity index (χ0v) is 11.5. The molecular weight excluding hydrogens is 248 g/mol. The molecule has 1 saturated carbocycles. The van der Waals surface area contributed by atoms with Crippen LogP contribution in [0.5, 0.6) is 5.75 Å². The van der Waals surface area contributed by atoms with Crippen molar-refractivity contribution in [1.29, 1.82) is 0 Å². The smallest absolute Gasteiger partial charge is 0.141 e. The van der Waals surface area contributed by atoms with Crippen LogP contribution in [0.4, 0.5) is 0 Å². The van der Waals surface area contributed by atoms with E-state index in [1.54, 1.807) is 0 Å². The summed E-state index contributed by atoms with van der Waals surface area (Å²) in [4.78, 5) is 10.5. The Labute approximate surface area is 113 Å². The number of rotatable bonds is 6. The number of hydrogen-bond donors (Lipinski definition) is 0. The van der Waals surface area contributed by atoms with Gasteiger partial charge < -0.3 is 9.53 Å². The second-order valence-corrected chi connectivity index (χ2v) is 5.46. The summed E-state index contributed by atoms with van der Waals surface area (Å²) < 4.78 is 5.88. The van der Waals surface area contributed by atoms with E-state index < -0.39 is 0 Å². The lowest BCUT2D eigenvalue weighted by Crippen LogP contribution is -2.19. The molecule has 0 N–H and O–H groups in total. The summed E-state index contributed by atoms with van der Waals surface area (Å²) in [6, 6.07) is 3.98. The normalized spacial score (nSPS) is 15.2. The van der Waals surface area contributed by atoms with Crippen molar-refractivity contribution in [3.05, 3.63) is 28.3 Å². The van der Waals surface area contributed by atoms with Gasteiger partial charge in [-0.3, -0.25) is 0 Å². The Bertz CT molecular complexity index is 425. The second-order valence-electron chi connectivity index (χ2n) is 5.05. The first-order chi connectivity index (χ1) is 8.70. The molecule has 0 unspecified atom stereocenters. The van der Waals surface area contributed by atoms with Crippen LogP contribution in [0.3, 0.4) is 0 Å². The van der Waals surface area contributed by atoms with Crippen molar-refractivity contribution in [3.8, 4) is 5.75 Å². The first-order valence-corrected chi connectivity index (χ1v) is 6.94. The molecule has 18 heavy (non-hydrogen) atoms. The lowest BCUT2D eigenvalue weighted by atomic mass is 9.86. The lowest BCUT2D eigenvalue weighted by Gasteiger charge is -2.26. The third kappa shape index (κ3) is 3.26.